The van der Waals surface area contributed by atoms with E-state index in [9.17, 15) is 4.79 Å². The molecular formula is C13H23N5O. The highest BCUT2D eigenvalue weighted by Gasteiger charge is 2.20. The summed E-state index contributed by atoms with van der Waals surface area (Å²) >= 11 is 0. The minimum Gasteiger partial charge on any atom is -0.384 e. The summed E-state index contributed by atoms with van der Waals surface area (Å²) < 4.78 is 0. The van der Waals surface area contributed by atoms with Gasteiger partial charge in [0.05, 0.1) is 6.54 Å². The number of nitrogens with zero attached hydrogens (tertiary/aromatic N) is 4. The van der Waals surface area contributed by atoms with Crippen molar-refractivity contribution >= 4 is 17.5 Å². The Bertz CT molecular complexity index is 465. The van der Waals surface area contributed by atoms with Crippen molar-refractivity contribution in [2.24, 2.45) is 0 Å². The lowest BCUT2D eigenvalue weighted by Crippen LogP contribution is -2.35. The molecule has 0 spiro atoms. The number of nitrogen functional groups attached to an aromatic ring is 1. The lowest BCUT2D eigenvalue weighted by atomic mass is 9.96. The van der Waals surface area contributed by atoms with Crippen LogP contribution in [0.4, 0.5) is 11.6 Å². The van der Waals surface area contributed by atoms with Crippen LogP contribution in [0, 0.1) is 0 Å². The fraction of sp³-hybridized carbons (Fsp3) is 0.615. The zero-order chi connectivity index (χ0) is 14.8. The van der Waals surface area contributed by atoms with Crippen LogP contribution in [0.3, 0.4) is 0 Å². The van der Waals surface area contributed by atoms with Crippen LogP contribution in [0.1, 0.15) is 26.6 Å². The van der Waals surface area contributed by atoms with Crippen molar-refractivity contribution < 1.29 is 4.79 Å². The molecule has 0 fully saturated rings. The SMILES string of the molecule is CN(C)C(=O)CN(C)c1cc(N)nc(C(C)(C)C)n1. The number of nitrogens with two attached hydrogens (primary N) is 1. The van der Waals surface area contributed by atoms with Gasteiger partial charge in [-0.1, -0.05) is 20.8 Å². The lowest BCUT2D eigenvalue weighted by Gasteiger charge is -2.23. The van der Waals surface area contributed by atoms with Crippen molar-refractivity contribution in [3.05, 3.63) is 11.9 Å². The Morgan fingerprint density at radius 3 is 2.32 bits per heavy atom. The molecule has 1 heterocycles. The molecule has 0 aromatic carbocycles. The molecule has 0 saturated heterocycles. The molecule has 0 aliphatic heterocycles. The van der Waals surface area contributed by atoms with E-state index in [2.05, 4.69) is 9.97 Å². The standard InChI is InChI=1S/C13H23N5O/c1-13(2,3)12-15-9(14)7-10(16-12)18(6)8-11(19)17(4)5/h7H,8H2,1-6H3,(H2,14,15,16). The molecular weight excluding hydrogens is 242 g/mol. The summed E-state index contributed by atoms with van der Waals surface area (Å²) in [6.07, 6.45) is 0. The first kappa shape index (κ1) is 15.2. The van der Waals surface area contributed by atoms with E-state index in [0.29, 0.717) is 17.5 Å². The monoisotopic (exact) mass is 265 g/mol. The van der Waals surface area contributed by atoms with E-state index in [1.165, 1.54) is 0 Å². The van der Waals surface area contributed by atoms with Gasteiger partial charge < -0.3 is 15.5 Å². The van der Waals surface area contributed by atoms with Crippen molar-refractivity contribution in [2.75, 3.05) is 38.3 Å². The van der Waals surface area contributed by atoms with Gasteiger partial charge in [0.15, 0.2) is 0 Å². The van der Waals surface area contributed by atoms with Gasteiger partial charge in [-0.25, -0.2) is 9.97 Å². The largest absolute Gasteiger partial charge is 0.384 e. The van der Waals surface area contributed by atoms with Gasteiger partial charge in [0, 0.05) is 32.6 Å². The zero-order valence-corrected chi connectivity index (χ0v) is 12.6. The van der Waals surface area contributed by atoms with Gasteiger partial charge in [-0.2, -0.15) is 0 Å². The second kappa shape index (κ2) is 5.42. The van der Waals surface area contributed by atoms with Gasteiger partial charge in [-0.15, -0.1) is 0 Å². The molecule has 0 radical (unpaired) electrons. The van der Waals surface area contributed by atoms with Gasteiger partial charge >= 0.3 is 0 Å². The van der Waals surface area contributed by atoms with Crippen molar-refractivity contribution in [1.82, 2.24) is 14.9 Å². The average Bonchev–Trinajstić information content (AvgIpc) is 2.26. The summed E-state index contributed by atoms with van der Waals surface area (Å²) in [6.45, 7) is 6.33. The Morgan fingerprint density at radius 2 is 1.84 bits per heavy atom. The maximum absolute atomic E-state index is 11.7. The molecule has 0 aliphatic carbocycles. The second-order valence-electron chi connectivity index (χ2n) is 5.87. The van der Waals surface area contributed by atoms with Crippen LogP contribution in [0.2, 0.25) is 0 Å². The summed E-state index contributed by atoms with van der Waals surface area (Å²) in [4.78, 5) is 23.8. The lowest BCUT2D eigenvalue weighted by molar-refractivity contribution is -0.127. The third kappa shape index (κ3) is 4.08. The number of aromatic nitrogens is 2. The molecule has 6 nitrogen and oxygen atoms in total. The molecule has 1 rings (SSSR count). The highest BCUT2D eigenvalue weighted by atomic mass is 16.2. The van der Waals surface area contributed by atoms with E-state index >= 15 is 0 Å². The fourth-order valence-electron chi connectivity index (χ4n) is 1.41. The quantitative estimate of drug-likeness (QED) is 0.878. The molecule has 0 unspecified atom stereocenters. The first-order chi connectivity index (χ1) is 8.61. The van der Waals surface area contributed by atoms with E-state index in [1.54, 1.807) is 30.0 Å². The minimum atomic E-state index is -0.184. The number of anilines is 2. The molecule has 0 aliphatic rings. The number of hydrogen-bond donors (Lipinski definition) is 1. The van der Waals surface area contributed by atoms with Crippen LogP contribution in [-0.2, 0) is 10.2 Å². The Balaban J connectivity index is 3.01. The first-order valence-electron chi connectivity index (χ1n) is 6.17. The number of carbonyl (C=O) groups excluding carboxylic acids is 1. The van der Waals surface area contributed by atoms with Gasteiger partial charge in [-0.3, -0.25) is 4.79 Å². The van der Waals surface area contributed by atoms with Crippen LogP contribution < -0.4 is 10.6 Å². The maximum atomic E-state index is 11.7. The average molecular weight is 265 g/mol. The minimum absolute atomic E-state index is 0.0111. The van der Waals surface area contributed by atoms with E-state index in [-0.39, 0.29) is 17.9 Å². The van der Waals surface area contributed by atoms with E-state index < -0.39 is 0 Å². The maximum Gasteiger partial charge on any atom is 0.241 e. The summed E-state index contributed by atoms with van der Waals surface area (Å²) in [5.74, 6) is 1.76. The molecule has 1 aromatic heterocycles. The molecule has 0 saturated carbocycles. The van der Waals surface area contributed by atoms with E-state index in [0.717, 1.165) is 0 Å². The number of rotatable bonds is 3. The van der Waals surface area contributed by atoms with Gasteiger partial charge in [0.1, 0.15) is 17.5 Å². The number of likely N-dealkylation sites (N-methyl/N-ethyl adjacent to an activating group) is 2. The summed E-state index contributed by atoms with van der Waals surface area (Å²) in [5.41, 5.74) is 5.63. The van der Waals surface area contributed by atoms with Gasteiger partial charge in [0.2, 0.25) is 5.91 Å². The Morgan fingerprint density at radius 1 is 1.26 bits per heavy atom. The molecule has 106 valence electrons. The number of amides is 1. The highest BCUT2D eigenvalue weighted by Crippen LogP contribution is 2.22. The van der Waals surface area contributed by atoms with E-state index in [1.807, 2.05) is 27.8 Å². The number of hydrogen-bond acceptors (Lipinski definition) is 5. The Kier molecular flexibility index (Phi) is 4.34. The first-order valence-corrected chi connectivity index (χ1v) is 6.17. The van der Waals surface area contributed by atoms with Crippen molar-refractivity contribution in [2.45, 2.75) is 26.2 Å². The Hall–Kier alpha value is -1.85. The Labute approximate surface area is 114 Å². The normalized spacial score (nSPS) is 11.3. The van der Waals surface area contributed by atoms with Crippen molar-refractivity contribution in [1.29, 1.82) is 0 Å². The predicted octanol–water partition coefficient (Wildman–Crippen LogP) is 0.881. The molecule has 6 heteroatoms. The molecule has 1 aromatic rings. The fourth-order valence-corrected chi connectivity index (χ4v) is 1.41. The van der Waals surface area contributed by atoms with Crippen LogP contribution >= 0.6 is 0 Å². The second-order valence-corrected chi connectivity index (χ2v) is 5.87. The molecule has 2 N–H and O–H groups in total. The number of carbonyl (C=O) groups is 1. The molecule has 1 amide bonds. The summed E-state index contributed by atoms with van der Waals surface area (Å²) in [7, 11) is 5.27. The van der Waals surface area contributed by atoms with Crippen LogP contribution in [-0.4, -0.2) is 48.5 Å². The summed E-state index contributed by atoms with van der Waals surface area (Å²) in [5, 5.41) is 0. The third-order valence-corrected chi connectivity index (χ3v) is 2.67. The third-order valence-electron chi connectivity index (χ3n) is 2.67. The van der Waals surface area contributed by atoms with Crippen molar-refractivity contribution in [3.63, 3.8) is 0 Å². The van der Waals surface area contributed by atoms with Gasteiger partial charge in [-0.05, 0) is 0 Å². The van der Waals surface area contributed by atoms with E-state index in [4.69, 9.17) is 5.73 Å². The molecule has 0 atom stereocenters. The smallest absolute Gasteiger partial charge is 0.241 e. The van der Waals surface area contributed by atoms with Gasteiger partial charge in [0.25, 0.3) is 0 Å². The van der Waals surface area contributed by atoms with Crippen LogP contribution in [0.25, 0.3) is 0 Å². The molecule has 19 heavy (non-hydrogen) atoms. The van der Waals surface area contributed by atoms with Crippen LogP contribution in [0.15, 0.2) is 6.07 Å². The van der Waals surface area contributed by atoms with Crippen molar-refractivity contribution in [3.8, 4) is 0 Å². The predicted molar refractivity (Wildman–Crippen MR) is 77.1 cm³/mol. The summed E-state index contributed by atoms with van der Waals surface area (Å²) in [6, 6.07) is 1.68. The highest BCUT2D eigenvalue weighted by molar-refractivity contribution is 5.80. The van der Waals surface area contributed by atoms with Crippen LogP contribution in [0.5, 0.6) is 0 Å². The zero-order valence-electron chi connectivity index (χ0n) is 12.6. The molecule has 0 bridgehead atoms. The topological polar surface area (TPSA) is 75.4 Å².